The second-order valence-corrected chi connectivity index (χ2v) is 3.52. The molecule has 0 fully saturated rings. The van der Waals surface area contributed by atoms with Crippen molar-refractivity contribution < 1.29 is 23.9 Å². The average molecular weight is 247 g/mol. The van der Waals surface area contributed by atoms with Crippen LogP contribution in [0.3, 0.4) is 0 Å². The molecule has 17 heavy (non-hydrogen) atoms. The number of pyridine rings is 1. The van der Waals surface area contributed by atoms with Crippen molar-refractivity contribution in [1.29, 1.82) is 0 Å². The van der Waals surface area contributed by atoms with Crippen LogP contribution < -0.4 is 5.56 Å². The standard InChI is InChI=1S/C10H11F2NO4/c1-5-4-7(15)9(10(16)13(5)17)6(14)2-3-8(11)12/h4,8,15,17H,2-3H2,1H3. The van der Waals surface area contributed by atoms with Gasteiger partial charge in [0.2, 0.25) is 6.43 Å². The van der Waals surface area contributed by atoms with Crippen LogP contribution in [0.15, 0.2) is 10.9 Å². The van der Waals surface area contributed by atoms with Gasteiger partial charge in [-0.1, -0.05) is 0 Å². The molecule has 0 saturated carbocycles. The minimum Gasteiger partial charge on any atom is -0.507 e. The van der Waals surface area contributed by atoms with Crippen LogP contribution in [0.4, 0.5) is 8.78 Å². The number of halogens is 2. The third-order valence-electron chi connectivity index (χ3n) is 2.21. The number of alkyl halides is 2. The fourth-order valence-corrected chi connectivity index (χ4v) is 1.33. The van der Waals surface area contributed by atoms with Crippen LogP contribution in [0.25, 0.3) is 0 Å². The van der Waals surface area contributed by atoms with E-state index in [9.17, 15) is 28.7 Å². The Morgan fingerprint density at radius 1 is 1.53 bits per heavy atom. The second kappa shape index (κ2) is 4.94. The molecule has 0 aliphatic heterocycles. The SMILES string of the molecule is Cc1cc(O)c(C(=O)CCC(F)F)c(=O)n1O. The number of rotatable bonds is 4. The summed E-state index contributed by atoms with van der Waals surface area (Å²) in [5, 5.41) is 18.6. The monoisotopic (exact) mass is 247 g/mol. The van der Waals surface area contributed by atoms with Crippen molar-refractivity contribution in [2.45, 2.75) is 26.2 Å². The Morgan fingerprint density at radius 2 is 2.12 bits per heavy atom. The van der Waals surface area contributed by atoms with Gasteiger partial charge in [-0.05, 0) is 6.92 Å². The highest BCUT2D eigenvalue weighted by Crippen LogP contribution is 2.17. The summed E-state index contributed by atoms with van der Waals surface area (Å²) >= 11 is 0. The summed E-state index contributed by atoms with van der Waals surface area (Å²) in [4.78, 5) is 22.9. The van der Waals surface area contributed by atoms with Crippen molar-refractivity contribution in [2.24, 2.45) is 0 Å². The molecular weight excluding hydrogens is 236 g/mol. The van der Waals surface area contributed by atoms with Gasteiger partial charge in [-0.25, -0.2) is 8.78 Å². The smallest absolute Gasteiger partial charge is 0.297 e. The van der Waals surface area contributed by atoms with Crippen LogP contribution in [0.5, 0.6) is 5.75 Å². The fourth-order valence-electron chi connectivity index (χ4n) is 1.33. The van der Waals surface area contributed by atoms with Gasteiger partial charge in [0.1, 0.15) is 11.3 Å². The normalized spacial score (nSPS) is 10.8. The van der Waals surface area contributed by atoms with Crippen LogP contribution in [-0.2, 0) is 0 Å². The number of aryl methyl sites for hydroxylation is 1. The Balaban J connectivity index is 3.10. The molecule has 5 nitrogen and oxygen atoms in total. The molecular formula is C10H11F2NO4. The third kappa shape index (κ3) is 2.80. The molecule has 0 unspecified atom stereocenters. The van der Waals surface area contributed by atoms with E-state index in [2.05, 4.69) is 0 Å². The van der Waals surface area contributed by atoms with Gasteiger partial charge in [0.25, 0.3) is 5.56 Å². The van der Waals surface area contributed by atoms with Crippen LogP contribution in [0, 0.1) is 6.92 Å². The molecule has 2 N–H and O–H groups in total. The van der Waals surface area contributed by atoms with Gasteiger partial charge in [0.15, 0.2) is 5.78 Å². The lowest BCUT2D eigenvalue weighted by Gasteiger charge is -2.07. The number of carbonyl (C=O) groups excluding carboxylic acids is 1. The summed E-state index contributed by atoms with van der Waals surface area (Å²) in [6.45, 7) is 1.34. The summed E-state index contributed by atoms with van der Waals surface area (Å²) in [7, 11) is 0. The number of carbonyl (C=O) groups is 1. The molecule has 0 radical (unpaired) electrons. The van der Waals surface area contributed by atoms with Crippen molar-refractivity contribution in [3.8, 4) is 5.75 Å². The number of aromatic hydroxyl groups is 1. The van der Waals surface area contributed by atoms with E-state index < -0.39 is 41.9 Å². The summed E-state index contributed by atoms with van der Waals surface area (Å²) in [6, 6.07) is 1.01. The first-order valence-electron chi connectivity index (χ1n) is 4.80. The maximum atomic E-state index is 11.9. The molecule has 0 bridgehead atoms. The molecule has 0 amide bonds. The van der Waals surface area contributed by atoms with E-state index in [4.69, 9.17) is 0 Å². The highest BCUT2D eigenvalue weighted by atomic mass is 19.3. The van der Waals surface area contributed by atoms with Crippen molar-refractivity contribution in [2.75, 3.05) is 0 Å². The highest BCUT2D eigenvalue weighted by molar-refractivity contribution is 5.98. The van der Waals surface area contributed by atoms with E-state index in [-0.39, 0.29) is 10.4 Å². The Hall–Kier alpha value is -1.92. The Bertz CT molecular complexity index is 496. The van der Waals surface area contributed by atoms with Gasteiger partial charge in [0.05, 0.1) is 5.69 Å². The summed E-state index contributed by atoms with van der Waals surface area (Å²) in [5.74, 6) is -1.53. The molecule has 0 atom stereocenters. The number of ketones is 1. The van der Waals surface area contributed by atoms with E-state index in [1.807, 2.05) is 0 Å². The van der Waals surface area contributed by atoms with Crippen molar-refractivity contribution in [3.05, 3.63) is 27.7 Å². The quantitative estimate of drug-likeness (QED) is 0.621. The fraction of sp³-hybridized carbons (Fsp3) is 0.400. The van der Waals surface area contributed by atoms with E-state index >= 15 is 0 Å². The van der Waals surface area contributed by atoms with E-state index in [1.54, 1.807) is 0 Å². The lowest BCUT2D eigenvalue weighted by atomic mass is 10.1. The van der Waals surface area contributed by atoms with E-state index in [0.717, 1.165) is 6.07 Å². The molecule has 94 valence electrons. The Morgan fingerprint density at radius 3 is 2.65 bits per heavy atom. The summed E-state index contributed by atoms with van der Waals surface area (Å²) in [6.07, 6.45) is -3.93. The zero-order valence-corrected chi connectivity index (χ0v) is 8.98. The average Bonchev–Trinajstić information content (AvgIpc) is 2.23. The van der Waals surface area contributed by atoms with Gasteiger partial charge in [-0.15, -0.1) is 0 Å². The maximum absolute atomic E-state index is 11.9. The zero-order chi connectivity index (χ0) is 13.2. The summed E-state index contributed by atoms with van der Waals surface area (Å²) < 4.78 is 24.0. The third-order valence-corrected chi connectivity index (χ3v) is 2.21. The molecule has 0 aliphatic rings. The largest absolute Gasteiger partial charge is 0.507 e. The predicted molar refractivity (Wildman–Crippen MR) is 53.9 cm³/mol. The summed E-state index contributed by atoms with van der Waals surface area (Å²) in [5.41, 5.74) is -1.74. The van der Waals surface area contributed by atoms with Gasteiger partial charge in [-0.2, -0.15) is 4.73 Å². The van der Waals surface area contributed by atoms with Gasteiger partial charge < -0.3 is 10.3 Å². The molecule has 1 aromatic heterocycles. The minimum atomic E-state index is -2.66. The van der Waals surface area contributed by atoms with Crippen LogP contribution in [0.2, 0.25) is 0 Å². The minimum absolute atomic E-state index is 0.0397. The number of Topliss-reactive ketones (excluding diaryl/α,β-unsaturated/α-hetero) is 1. The first kappa shape index (κ1) is 13.1. The van der Waals surface area contributed by atoms with Crippen LogP contribution >= 0.6 is 0 Å². The van der Waals surface area contributed by atoms with Crippen molar-refractivity contribution >= 4 is 5.78 Å². The Kier molecular flexibility index (Phi) is 3.82. The first-order chi connectivity index (χ1) is 7.84. The molecule has 7 heteroatoms. The van der Waals surface area contributed by atoms with Gasteiger partial charge >= 0.3 is 0 Å². The number of hydrogen-bond donors (Lipinski definition) is 2. The molecule has 0 aromatic carbocycles. The van der Waals surface area contributed by atoms with E-state index in [1.165, 1.54) is 6.92 Å². The lowest BCUT2D eigenvalue weighted by molar-refractivity contribution is 0.0897. The number of nitrogens with zero attached hydrogens (tertiary/aromatic N) is 1. The van der Waals surface area contributed by atoms with Gasteiger partial charge in [0, 0.05) is 18.9 Å². The molecule has 0 aliphatic carbocycles. The number of aromatic nitrogens is 1. The van der Waals surface area contributed by atoms with E-state index in [0.29, 0.717) is 0 Å². The maximum Gasteiger partial charge on any atom is 0.297 e. The second-order valence-electron chi connectivity index (χ2n) is 3.52. The Labute approximate surface area is 94.9 Å². The number of hydrogen-bond acceptors (Lipinski definition) is 4. The molecule has 0 saturated heterocycles. The first-order valence-corrected chi connectivity index (χ1v) is 4.80. The highest BCUT2D eigenvalue weighted by Gasteiger charge is 2.20. The topological polar surface area (TPSA) is 79.5 Å². The van der Waals surface area contributed by atoms with Crippen molar-refractivity contribution in [1.82, 2.24) is 4.73 Å². The van der Waals surface area contributed by atoms with Crippen molar-refractivity contribution in [3.63, 3.8) is 0 Å². The lowest BCUT2D eigenvalue weighted by Crippen LogP contribution is -2.26. The molecule has 1 heterocycles. The van der Waals surface area contributed by atoms with Crippen LogP contribution in [-0.4, -0.2) is 27.3 Å². The van der Waals surface area contributed by atoms with Crippen LogP contribution in [0.1, 0.15) is 28.9 Å². The molecule has 1 rings (SSSR count). The molecule has 0 spiro atoms. The zero-order valence-electron chi connectivity index (χ0n) is 8.98. The predicted octanol–water partition coefficient (Wildman–Crippen LogP) is 1.33. The molecule has 1 aromatic rings. The van der Waals surface area contributed by atoms with Gasteiger partial charge in [-0.3, -0.25) is 9.59 Å².